The second-order valence-electron chi connectivity index (χ2n) is 11.7. The Balaban J connectivity index is 1.60. The van der Waals surface area contributed by atoms with E-state index in [0.717, 1.165) is 46.9 Å². The van der Waals surface area contributed by atoms with Crippen molar-refractivity contribution in [2.45, 2.75) is 92.9 Å². The molecule has 0 saturated carbocycles. The SMILES string of the molecule is CC(C)CCCC(C)CCOC(=O)c1nc2c(Br)c3sc(C(=O)OCCC(C)CCCC(C)C)nc3c(Br)c2s1. The van der Waals surface area contributed by atoms with Crippen LogP contribution in [-0.4, -0.2) is 35.1 Å². The maximum Gasteiger partial charge on any atom is 0.367 e. The highest BCUT2D eigenvalue weighted by atomic mass is 79.9. The van der Waals surface area contributed by atoms with Gasteiger partial charge in [-0.05, 0) is 68.4 Å². The summed E-state index contributed by atoms with van der Waals surface area (Å²) in [5, 5.41) is 0.618. The van der Waals surface area contributed by atoms with Crippen molar-refractivity contribution in [1.29, 1.82) is 0 Å². The Labute approximate surface area is 263 Å². The quantitative estimate of drug-likeness (QED) is 0.137. The molecule has 2 unspecified atom stereocenters. The first-order valence-corrected chi connectivity index (χ1v) is 17.6. The number of carbonyl (C=O) groups excluding carboxylic acids is 2. The first kappa shape index (κ1) is 33.4. The van der Waals surface area contributed by atoms with Crippen molar-refractivity contribution < 1.29 is 19.1 Å². The van der Waals surface area contributed by atoms with Crippen molar-refractivity contribution >= 4 is 86.9 Å². The lowest BCUT2D eigenvalue weighted by molar-refractivity contribution is 0.0474. The van der Waals surface area contributed by atoms with E-state index in [1.165, 1.54) is 48.4 Å². The van der Waals surface area contributed by atoms with Crippen LogP contribution < -0.4 is 0 Å². The summed E-state index contributed by atoms with van der Waals surface area (Å²) in [5.41, 5.74) is 1.30. The van der Waals surface area contributed by atoms with Gasteiger partial charge in [-0.25, -0.2) is 19.6 Å². The zero-order valence-corrected chi connectivity index (χ0v) is 29.3. The molecule has 0 radical (unpaired) electrons. The van der Waals surface area contributed by atoms with Crippen LogP contribution in [0.2, 0.25) is 0 Å². The average Bonchev–Trinajstić information content (AvgIpc) is 3.53. The third-order valence-electron chi connectivity index (χ3n) is 7.06. The highest BCUT2D eigenvalue weighted by Gasteiger charge is 2.24. The van der Waals surface area contributed by atoms with Crippen LogP contribution in [-0.2, 0) is 9.47 Å². The van der Waals surface area contributed by atoms with Gasteiger partial charge in [-0.2, -0.15) is 0 Å². The largest absolute Gasteiger partial charge is 0.460 e. The molecule has 0 N–H and O–H groups in total. The predicted molar refractivity (Wildman–Crippen MR) is 174 cm³/mol. The van der Waals surface area contributed by atoms with Crippen molar-refractivity contribution in [3.63, 3.8) is 0 Å². The van der Waals surface area contributed by atoms with E-state index in [4.69, 9.17) is 9.47 Å². The van der Waals surface area contributed by atoms with Gasteiger partial charge in [0.25, 0.3) is 0 Å². The minimum Gasteiger partial charge on any atom is -0.460 e. The zero-order valence-electron chi connectivity index (χ0n) is 24.5. The van der Waals surface area contributed by atoms with Crippen LogP contribution in [0.25, 0.3) is 20.4 Å². The van der Waals surface area contributed by atoms with Gasteiger partial charge in [-0.3, -0.25) is 0 Å². The van der Waals surface area contributed by atoms with E-state index in [1.54, 1.807) is 0 Å². The number of hydrogen-bond donors (Lipinski definition) is 0. The molecule has 40 heavy (non-hydrogen) atoms. The molecule has 0 fully saturated rings. The van der Waals surface area contributed by atoms with E-state index in [0.29, 0.717) is 55.0 Å². The molecule has 1 aromatic carbocycles. The van der Waals surface area contributed by atoms with Gasteiger partial charge in [-0.1, -0.05) is 80.1 Å². The lowest BCUT2D eigenvalue weighted by Gasteiger charge is -2.12. The first-order valence-electron chi connectivity index (χ1n) is 14.4. The molecule has 6 nitrogen and oxygen atoms in total. The molecule has 0 bridgehead atoms. The number of carbonyl (C=O) groups is 2. The minimum atomic E-state index is -0.409. The van der Waals surface area contributed by atoms with Crippen LogP contribution in [0.1, 0.15) is 113 Å². The van der Waals surface area contributed by atoms with Crippen molar-refractivity contribution in [3.05, 3.63) is 19.0 Å². The Morgan fingerprint density at radius 3 is 1.38 bits per heavy atom. The summed E-state index contributed by atoms with van der Waals surface area (Å²) < 4.78 is 14.1. The summed E-state index contributed by atoms with van der Waals surface area (Å²) in [5.74, 6) is 1.65. The van der Waals surface area contributed by atoms with Gasteiger partial charge < -0.3 is 9.47 Å². The second-order valence-corrected chi connectivity index (χ2v) is 15.3. The number of hydrogen-bond acceptors (Lipinski definition) is 8. The highest BCUT2D eigenvalue weighted by Crippen LogP contribution is 2.44. The molecule has 3 aromatic rings. The van der Waals surface area contributed by atoms with Crippen molar-refractivity contribution in [2.75, 3.05) is 13.2 Å². The number of halogens is 2. The standard InChI is InChI=1S/C30H42Br2N2O4S2/c1-17(2)9-7-11-19(5)13-15-37-29(35)27-33-23-21(31)26-24(22(32)25(23)39-27)34-28(40-26)30(36)38-16-14-20(6)12-8-10-18(3)4/h17-20H,7-16H2,1-6H3. The fourth-order valence-corrected chi connectivity index (χ4v) is 8.00. The molecular weight excluding hydrogens is 676 g/mol. The third kappa shape index (κ3) is 9.46. The molecule has 0 spiro atoms. The van der Waals surface area contributed by atoms with Crippen molar-refractivity contribution in [1.82, 2.24) is 9.97 Å². The number of esters is 2. The van der Waals surface area contributed by atoms with Gasteiger partial charge in [-0.15, -0.1) is 22.7 Å². The Hall–Kier alpha value is -1.10. The molecule has 0 aliphatic carbocycles. The number of nitrogens with zero attached hydrogens (tertiary/aromatic N) is 2. The second kappa shape index (κ2) is 15.9. The molecule has 3 rings (SSSR count). The maximum absolute atomic E-state index is 12.8. The monoisotopic (exact) mass is 716 g/mol. The molecular formula is C30H42Br2N2O4S2. The molecule has 0 amide bonds. The summed E-state index contributed by atoms with van der Waals surface area (Å²) in [6.07, 6.45) is 8.85. The number of rotatable bonds is 16. The summed E-state index contributed by atoms with van der Waals surface area (Å²) in [6.45, 7) is 14.2. The Bertz CT molecular complexity index is 1140. The average molecular weight is 719 g/mol. The summed E-state index contributed by atoms with van der Waals surface area (Å²) in [7, 11) is 0. The van der Waals surface area contributed by atoms with Gasteiger partial charge in [0, 0.05) is 0 Å². The smallest absolute Gasteiger partial charge is 0.367 e. The predicted octanol–water partition coefficient (Wildman–Crippen LogP) is 10.4. The molecule has 2 atom stereocenters. The summed E-state index contributed by atoms with van der Waals surface area (Å²) >= 11 is 9.82. The Kier molecular flexibility index (Phi) is 13.3. The molecule has 2 aromatic heterocycles. The fourth-order valence-electron chi connectivity index (χ4n) is 4.49. The van der Waals surface area contributed by atoms with Crippen LogP contribution in [0, 0.1) is 23.7 Å². The summed E-state index contributed by atoms with van der Waals surface area (Å²) in [6, 6.07) is 0. The Morgan fingerprint density at radius 1 is 0.650 bits per heavy atom. The fraction of sp³-hybridized carbons (Fsp3) is 0.667. The van der Waals surface area contributed by atoms with Gasteiger partial charge >= 0.3 is 11.9 Å². The molecule has 0 aliphatic heterocycles. The first-order chi connectivity index (χ1) is 19.0. The molecule has 10 heteroatoms. The number of aromatic nitrogens is 2. The molecule has 222 valence electrons. The summed E-state index contributed by atoms with van der Waals surface area (Å²) in [4.78, 5) is 34.7. The molecule has 0 saturated heterocycles. The lowest BCUT2D eigenvalue weighted by atomic mass is 9.98. The number of fused-ring (bicyclic) bond motifs is 2. The molecule has 0 aliphatic rings. The number of benzene rings is 1. The van der Waals surface area contributed by atoms with E-state index >= 15 is 0 Å². The van der Waals surface area contributed by atoms with Crippen molar-refractivity contribution in [2.24, 2.45) is 23.7 Å². The van der Waals surface area contributed by atoms with E-state index in [9.17, 15) is 9.59 Å². The minimum absolute atomic E-state index is 0.309. The zero-order chi connectivity index (χ0) is 29.4. The lowest BCUT2D eigenvalue weighted by Crippen LogP contribution is -2.09. The van der Waals surface area contributed by atoms with Crippen molar-refractivity contribution in [3.8, 4) is 0 Å². The Morgan fingerprint density at radius 2 is 1.02 bits per heavy atom. The van der Waals surface area contributed by atoms with Crippen LogP contribution in [0.4, 0.5) is 0 Å². The van der Waals surface area contributed by atoms with E-state index in [1.807, 2.05) is 0 Å². The van der Waals surface area contributed by atoms with E-state index in [2.05, 4.69) is 83.4 Å². The van der Waals surface area contributed by atoms with Gasteiger partial charge in [0.15, 0.2) is 0 Å². The maximum atomic E-state index is 12.8. The van der Waals surface area contributed by atoms with Crippen LogP contribution in [0.5, 0.6) is 0 Å². The number of ether oxygens (including phenoxy) is 2. The van der Waals surface area contributed by atoms with Gasteiger partial charge in [0.05, 0.1) is 42.6 Å². The van der Waals surface area contributed by atoms with Gasteiger partial charge in [0.1, 0.15) is 0 Å². The van der Waals surface area contributed by atoms with Crippen LogP contribution in [0.15, 0.2) is 8.95 Å². The van der Waals surface area contributed by atoms with Crippen LogP contribution >= 0.6 is 54.5 Å². The van der Waals surface area contributed by atoms with E-state index in [-0.39, 0.29) is 0 Å². The van der Waals surface area contributed by atoms with Crippen LogP contribution in [0.3, 0.4) is 0 Å². The third-order valence-corrected chi connectivity index (χ3v) is 11.2. The van der Waals surface area contributed by atoms with Gasteiger partial charge in [0.2, 0.25) is 10.0 Å². The highest BCUT2D eigenvalue weighted by molar-refractivity contribution is 9.11. The molecule has 2 heterocycles. The topological polar surface area (TPSA) is 78.4 Å². The number of thiazole rings is 2. The normalized spacial score (nSPS) is 13.4. The van der Waals surface area contributed by atoms with E-state index < -0.39 is 11.9 Å².